The summed E-state index contributed by atoms with van der Waals surface area (Å²) < 4.78 is 13.6. The summed E-state index contributed by atoms with van der Waals surface area (Å²) in [7, 11) is 0. The second kappa shape index (κ2) is 4.08. The Morgan fingerprint density at radius 3 is 2.73 bits per heavy atom. The first-order valence-corrected chi connectivity index (χ1v) is 5.94. The second-order valence-electron chi connectivity index (χ2n) is 2.80. The number of hydrogen-bond acceptors (Lipinski definition) is 3. The average Bonchev–Trinajstić information content (AvgIpc) is 2.45. The van der Waals surface area contributed by atoms with Crippen LogP contribution in [0.5, 0.6) is 0 Å². The number of halogens is 3. The Hall–Kier alpha value is -0.650. The molecule has 0 fully saturated rings. The third-order valence-electron chi connectivity index (χ3n) is 1.79. The van der Waals surface area contributed by atoms with Crippen molar-refractivity contribution >= 4 is 44.0 Å². The number of hydrogen-bond donors (Lipinski definition) is 1. The predicted octanol–water partition coefficient (Wildman–Crippen LogP) is 3.95. The van der Waals surface area contributed by atoms with Crippen LogP contribution in [0.3, 0.4) is 0 Å². The van der Waals surface area contributed by atoms with Gasteiger partial charge in [0.15, 0.2) is 5.13 Å². The second-order valence-corrected chi connectivity index (χ2v) is 5.55. The van der Waals surface area contributed by atoms with E-state index < -0.39 is 0 Å². The summed E-state index contributed by atoms with van der Waals surface area (Å²) in [6, 6.07) is 4.17. The van der Waals surface area contributed by atoms with Gasteiger partial charge in [-0.05, 0) is 34.1 Å². The van der Waals surface area contributed by atoms with Crippen molar-refractivity contribution in [3.63, 3.8) is 0 Å². The number of benzene rings is 1. The fourth-order valence-electron chi connectivity index (χ4n) is 1.16. The molecule has 0 aliphatic rings. The van der Waals surface area contributed by atoms with Gasteiger partial charge in [0.05, 0.1) is 14.5 Å². The van der Waals surface area contributed by atoms with E-state index in [4.69, 9.17) is 17.3 Å². The monoisotopic (exact) mass is 306 g/mol. The molecule has 0 saturated carbocycles. The molecular weight excluding hydrogens is 303 g/mol. The quantitative estimate of drug-likeness (QED) is 0.866. The number of aromatic nitrogens is 1. The molecule has 0 amide bonds. The smallest absolute Gasteiger partial charge is 0.181 e. The molecule has 2 N–H and O–H groups in total. The molecule has 0 bridgehead atoms. The van der Waals surface area contributed by atoms with Crippen LogP contribution in [-0.4, -0.2) is 4.98 Å². The molecule has 6 heteroatoms. The van der Waals surface area contributed by atoms with Gasteiger partial charge in [0.1, 0.15) is 5.82 Å². The van der Waals surface area contributed by atoms with Crippen LogP contribution in [-0.2, 0) is 0 Å². The molecular formula is C9H5BrClFN2S. The molecule has 0 atom stereocenters. The Labute approximate surface area is 103 Å². The summed E-state index contributed by atoms with van der Waals surface area (Å²) in [5.41, 5.74) is 6.86. The normalized spacial score (nSPS) is 10.6. The third-order valence-corrected chi connectivity index (χ3v) is 3.64. The highest BCUT2D eigenvalue weighted by molar-refractivity contribution is 9.11. The molecule has 1 heterocycles. The van der Waals surface area contributed by atoms with Gasteiger partial charge in [-0.15, -0.1) is 0 Å². The van der Waals surface area contributed by atoms with Crippen LogP contribution in [0.15, 0.2) is 22.0 Å². The lowest BCUT2D eigenvalue weighted by molar-refractivity contribution is 0.628. The van der Waals surface area contributed by atoms with Crippen LogP contribution in [0.4, 0.5) is 9.52 Å². The zero-order valence-corrected chi connectivity index (χ0v) is 10.5. The van der Waals surface area contributed by atoms with Gasteiger partial charge in [-0.25, -0.2) is 9.37 Å². The topological polar surface area (TPSA) is 38.9 Å². The van der Waals surface area contributed by atoms with E-state index in [1.54, 1.807) is 6.07 Å². The first-order valence-electron chi connectivity index (χ1n) is 3.95. The van der Waals surface area contributed by atoms with E-state index in [0.717, 1.165) is 3.79 Å². The van der Waals surface area contributed by atoms with Crippen LogP contribution in [0.2, 0.25) is 5.02 Å². The van der Waals surface area contributed by atoms with Crippen LogP contribution in [0, 0.1) is 5.82 Å². The van der Waals surface area contributed by atoms with Gasteiger partial charge in [-0.3, -0.25) is 0 Å². The summed E-state index contributed by atoms with van der Waals surface area (Å²) in [6.07, 6.45) is 0. The fraction of sp³-hybridized carbons (Fsp3) is 0. The predicted molar refractivity (Wildman–Crippen MR) is 64.6 cm³/mol. The van der Waals surface area contributed by atoms with Crippen LogP contribution in [0.1, 0.15) is 0 Å². The first kappa shape index (κ1) is 10.9. The Balaban J connectivity index is 2.59. The number of anilines is 1. The van der Waals surface area contributed by atoms with Crippen molar-refractivity contribution in [3.05, 3.63) is 32.8 Å². The Morgan fingerprint density at radius 1 is 1.47 bits per heavy atom. The molecule has 0 aliphatic heterocycles. The first-order chi connectivity index (χ1) is 7.08. The van der Waals surface area contributed by atoms with Crippen LogP contribution in [0.25, 0.3) is 11.3 Å². The van der Waals surface area contributed by atoms with Gasteiger partial charge in [0.2, 0.25) is 0 Å². The molecule has 1 aromatic carbocycles. The fourth-order valence-corrected chi connectivity index (χ4v) is 2.79. The van der Waals surface area contributed by atoms with E-state index in [-0.39, 0.29) is 5.82 Å². The van der Waals surface area contributed by atoms with Gasteiger partial charge in [-0.2, -0.15) is 0 Å². The van der Waals surface area contributed by atoms with Crippen molar-refractivity contribution in [1.29, 1.82) is 0 Å². The van der Waals surface area contributed by atoms with Gasteiger partial charge >= 0.3 is 0 Å². The molecule has 15 heavy (non-hydrogen) atoms. The van der Waals surface area contributed by atoms with E-state index in [1.807, 2.05) is 0 Å². The summed E-state index contributed by atoms with van der Waals surface area (Å²) in [5, 5.41) is 0.762. The molecule has 2 nitrogen and oxygen atoms in total. The number of thiazole rings is 1. The van der Waals surface area contributed by atoms with Gasteiger partial charge < -0.3 is 5.73 Å². The minimum absolute atomic E-state index is 0.320. The van der Waals surface area contributed by atoms with Crippen molar-refractivity contribution in [1.82, 2.24) is 4.98 Å². The maximum Gasteiger partial charge on any atom is 0.181 e. The van der Waals surface area contributed by atoms with Gasteiger partial charge in [0, 0.05) is 5.56 Å². The molecule has 1 aromatic heterocycles. The number of nitrogen functional groups attached to an aromatic ring is 1. The van der Waals surface area contributed by atoms with Crippen molar-refractivity contribution in [2.45, 2.75) is 0 Å². The highest BCUT2D eigenvalue weighted by atomic mass is 79.9. The Bertz CT molecular complexity index is 515. The van der Waals surface area contributed by atoms with E-state index in [1.165, 1.54) is 23.5 Å². The number of nitrogens with zero attached hydrogens (tertiary/aromatic N) is 1. The van der Waals surface area contributed by atoms with Gasteiger partial charge in [0.25, 0.3) is 0 Å². The molecule has 2 rings (SSSR count). The molecule has 2 aromatic rings. The Kier molecular flexibility index (Phi) is 2.95. The van der Waals surface area contributed by atoms with Gasteiger partial charge in [-0.1, -0.05) is 22.9 Å². The maximum atomic E-state index is 12.8. The minimum Gasteiger partial charge on any atom is -0.375 e. The van der Waals surface area contributed by atoms with E-state index >= 15 is 0 Å². The van der Waals surface area contributed by atoms with Crippen molar-refractivity contribution in [3.8, 4) is 11.3 Å². The molecule has 0 saturated heterocycles. The molecule has 0 aliphatic carbocycles. The highest BCUT2D eigenvalue weighted by Crippen LogP contribution is 2.37. The van der Waals surface area contributed by atoms with Crippen LogP contribution >= 0.6 is 38.9 Å². The summed E-state index contributed by atoms with van der Waals surface area (Å²) in [4.78, 5) is 4.11. The third kappa shape index (κ3) is 2.14. The number of nitrogens with two attached hydrogens (primary N) is 1. The van der Waals surface area contributed by atoms with E-state index in [0.29, 0.717) is 21.4 Å². The van der Waals surface area contributed by atoms with Crippen molar-refractivity contribution in [2.24, 2.45) is 0 Å². The largest absolute Gasteiger partial charge is 0.375 e. The standard InChI is InChI=1S/C9H5BrClFN2S/c10-8-7(14-9(13)15-8)5-2-1-4(12)3-6(5)11/h1-3H,(H2,13,14). The van der Waals surface area contributed by atoms with Crippen LogP contribution < -0.4 is 5.73 Å². The van der Waals surface area contributed by atoms with Crippen molar-refractivity contribution < 1.29 is 4.39 Å². The summed E-state index contributed by atoms with van der Waals surface area (Å²) >= 11 is 10.5. The SMILES string of the molecule is Nc1nc(-c2ccc(F)cc2Cl)c(Br)s1. The van der Waals surface area contributed by atoms with Crippen molar-refractivity contribution in [2.75, 3.05) is 5.73 Å². The minimum atomic E-state index is -0.372. The molecule has 0 radical (unpaired) electrons. The number of rotatable bonds is 1. The zero-order valence-electron chi connectivity index (χ0n) is 7.30. The molecule has 0 spiro atoms. The lowest BCUT2D eigenvalue weighted by atomic mass is 10.2. The maximum absolute atomic E-state index is 12.8. The van der Waals surface area contributed by atoms with E-state index in [2.05, 4.69) is 20.9 Å². The summed E-state index contributed by atoms with van der Waals surface area (Å²) in [5.74, 6) is -0.372. The lowest BCUT2D eigenvalue weighted by Crippen LogP contribution is -1.85. The lowest BCUT2D eigenvalue weighted by Gasteiger charge is -2.01. The highest BCUT2D eigenvalue weighted by Gasteiger charge is 2.12. The van der Waals surface area contributed by atoms with E-state index in [9.17, 15) is 4.39 Å². The molecule has 0 unspecified atom stereocenters. The summed E-state index contributed by atoms with van der Waals surface area (Å²) in [6.45, 7) is 0. The average molecular weight is 308 g/mol. The Morgan fingerprint density at radius 2 is 2.20 bits per heavy atom. The zero-order chi connectivity index (χ0) is 11.0. The molecule has 78 valence electrons.